The fourth-order valence-corrected chi connectivity index (χ4v) is 2.66. The van der Waals surface area contributed by atoms with Crippen molar-refractivity contribution >= 4 is 5.91 Å². The fourth-order valence-electron chi connectivity index (χ4n) is 2.66. The largest absolute Gasteiger partial charge is 0.490 e. The Labute approximate surface area is 113 Å². The van der Waals surface area contributed by atoms with Crippen molar-refractivity contribution in [2.45, 2.75) is 43.7 Å². The Morgan fingerprint density at radius 1 is 1.32 bits per heavy atom. The molecule has 0 spiro atoms. The molecule has 1 amide bonds. The Bertz CT molecular complexity index is 471. The lowest BCUT2D eigenvalue weighted by atomic mass is 9.86. The zero-order valence-corrected chi connectivity index (χ0v) is 11.0. The van der Waals surface area contributed by atoms with Crippen molar-refractivity contribution in [1.29, 1.82) is 0 Å². The third-order valence-electron chi connectivity index (χ3n) is 3.90. The molecule has 1 aromatic rings. The van der Waals surface area contributed by atoms with Gasteiger partial charge in [0.05, 0.1) is 12.1 Å². The minimum Gasteiger partial charge on any atom is -0.490 e. The summed E-state index contributed by atoms with van der Waals surface area (Å²) in [7, 11) is 0. The maximum absolute atomic E-state index is 11.3. The Morgan fingerprint density at radius 2 is 2.16 bits per heavy atom. The number of nitrogens with two attached hydrogens (primary N) is 1. The highest BCUT2D eigenvalue weighted by Crippen LogP contribution is 2.32. The third-order valence-corrected chi connectivity index (χ3v) is 3.90. The van der Waals surface area contributed by atoms with Gasteiger partial charge in [-0.3, -0.25) is 4.79 Å². The van der Waals surface area contributed by atoms with Crippen molar-refractivity contribution in [3.63, 3.8) is 0 Å². The number of benzene rings is 1. The normalized spacial score (nSPS) is 26.9. The molecule has 4 nitrogen and oxygen atoms in total. The molecule has 2 unspecified atom stereocenters. The Morgan fingerprint density at radius 3 is 2.89 bits per heavy atom. The van der Waals surface area contributed by atoms with Crippen molar-refractivity contribution < 1.29 is 9.53 Å². The number of nitrogens with one attached hydrogen (secondary N) is 1. The van der Waals surface area contributed by atoms with E-state index in [0.29, 0.717) is 12.0 Å². The van der Waals surface area contributed by atoms with Crippen LogP contribution in [0.5, 0.6) is 5.75 Å². The van der Waals surface area contributed by atoms with Crippen LogP contribution in [0.2, 0.25) is 0 Å². The van der Waals surface area contributed by atoms with Crippen LogP contribution in [0, 0.1) is 0 Å². The van der Waals surface area contributed by atoms with Crippen LogP contribution in [0.25, 0.3) is 0 Å². The molecule has 1 aliphatic heterocycles. The molecule has 1 aliphatic carbocycles. The molecule has 0 bridgehead atoms. The number of amides is 1. The number of rotatable bonds is 4. The highest BCUT2D eigenvalue weighted by atomic mass is 16.5. The van der Waals surface area contributed by atoms with Gasteiger partial charge < -0.3 is 15.8 Å². The van der Waals surface area contributed by atoms with Gasteiger partial charge in [0.2, 0.25) is 5.91 Å². The van der Waals surface area contributed by atoms with Crippen molar-refractivity contribution in [1.82, 2.24) is 5.32 Å². The van der Waals surface area contributed by atoms with Crippen LogP contribution in [-0.4, -0.2) is 24.6 Å². The second-order valence-electron chi connectivity index (χ2n) is 5.52. The maximum Gasteiger partial charge on any atom is 0.234 e. The zero-order chi connectivity index (χ0) is 13.2. The van der Waals surface area contributed by atoms with Crippen LogP contribution in [0.3, 0.4) is 0 Å². The predicted octanol–water partition coefficient (Wildman–Crippen LogP) is 1.55. The molecule has 2 fully saturated rings. The van der Waals surface area contributed by atoms with Gasteiger partial charge in [0.1, 0.15) is 5.75 Å². The molecule has 1 saturated heterocycles. The van der Waals surface area contributed by atoms with E-state index in [1.54, 1.807) is 0 Å². The summed E-state index contributed by atoms with van der Waals surface area (Å²) in [5.74, 6) is 1.09. The standard InChI is InChI=1S/C15H20N2O2/c16-15(18)14-9-11(6-7-17-14)10-2-1-3-13(8-10)19-12-4-5-12/h1-3,8,11-12,14,17H,4-7,9H2,(H2,16,18). The Balaban J connectivity index is 1.71. The van der Waals surface area contributed by atoms with Gasteiger partial charge in [0.25, 0.3) is 0 Å². The predicted molar refractivity (Wildman–Crippen MR) is 73.1 cm³/mol. The summed E-state index contributed by atoms with van der Waals surface area (Å²) in [4.78, 5) is 11.3. The van der Waals surface area contributed by atoms with Gasteiger partial charge >= 0.3 is 0 Å². The minimum atomic E-state index is -0.255. The summed E-state index contributed by atoms with van der Waals surface area (Å²) in [6.45, 7) is 0.839. The molecule has 0 aromatic heterocycles. The van der Waals surface area contributed by atoms with E-state index in [9.17, 15) is 4.79 Å². The molecule has 1 heterocycles. The topological polar surface area (TPSA) is 64.4 Å². The number of carbonyl (C=O) groups is 1. The first kappa shape index (κ1) is 12.5. The van der Waals surface area contributed by atoms with Gasteiger partial charge in [0.15, 0.2) is 0 Å². The molecule has 2 aliphatic rings. The summed E-state index contributed by atoms with van der Waals surface area (Å²) in [5, 5.41) is 3.17. The van der Waals surface area contributed by atoms with Crippen molar-refractivity contribution in [3.8, 4) is 5.75 Å². The van der Waals surface area contributed by atoms with Gasteiger partial charge in [0, 0.05) is 0 Å². The van der Waals surface area contributed by atoms with Crippen molar-refractivity contribution in [2.75, 3.05) is 6.54 Å². The van der Waals surface area contributed by atoms with E-state index in [2.05, 4.69) is 17.4 Å². The van der Waals surface area contributed by atoms with E-state index in [-0.39, 0.29) is 11.9 Å². The summed E-state index contributed by atoms with van der Waals surface area (Å²) in [5.41, 5.74) is 6.64. The maximum atomic E-state index is 11.3. The quantitative estimate of drug-likeness (QED) is 0.863. The van der Waals surface area contributed by atoms with E-state index >= 15 is 0 Å². The average Bonchev–Trinajstić information content (AvgIpc) is 3.23. The van der Waals surface area contributed by atoms with Gasteiger partial charge in [-0.05, 0) is 55.8 Å². The van der Waals surface area contributed by atoms with Gasteiger partial charge in [-0.25, -0.2) is 0 Å². The molecule has 1 aromatic carbocycles. The molecular formula is C15H20N2O2. The van der Waals surface area contributed by atoms with E-state index in [4.69, 9.17) is 10.5 Å². The molecule has 3 rings (SSSR count). The second kappa shape index (κ2) is 5.21. The number of hydrogen-bond donors (Lipinski definition) is 2. The number of primary amides is 1. The molecule has 3 N–H and O–H groups in total. The molecule has 2 atom stereocenters. The van der Waals surface area contributed by atoms with Crippen LogP contribution in [0.4, 0.5) is 0 Å². The molecule has 102 valence electrons. The highest BCUT2D eigenvalue weighted by Gasteiger charge is 2.27. The second-order valence-corrected chi connectivity index (χ2v) is 5.52. The third kappa shape index (κ3) is 3.07. The summed E-state index contributed by atoms with van der Waals surface area (Å²) in [6.07, 6.45) is 4.57. The number of hydrogen-bond acceptors (Lipinski definition) is 3. The van der Waals surface area contributed by atoms with Crippen LogP contribution in [0.1, 0.15) is 37.2 Å². The summed E-state index contributed by atoms with van der Waals surface area (Å²) < 4.78 is 5.82. The smallest absolute Gasteiger partial charge is 0.234 e. The van der Waals surface area contributed by atoms with Crippen molar-refractivity contribution in [2.24, 2.45) is 5.73 Å². The Kier molecular flexibility index (Phi) is 3.42. The van der Waals surface area contributed by atoms with Gasteiger partial charge in [-0.2, -0.15) is 0 Å². The lowest BCUT2D eigenvalue weighted by Crippen LogP contribution is -2.46. The van der Waals surface area contributed by atoms with Gasteiger partial charge in [-0.15, -0.1) is 0 Å². The van der Waals surface area contributed by atoms with Crippen LogP contribution >= 0.6 is 0 Å². The number of carbonyl (C=O) groups excluding carboxylic acids is 1. The van der Waals surface area contributed by atoms with Crippen LogP contribution in [0.15, 0.2) is 24.3 Å². The first-order valence-corrected chi connectivity index (χ1v) is 7.01. The highest BCUT2D eigenvalue weighted by molar-refractivity contribution is 5.80. The fraction of sp³-hybridized carbons (Fsp3) is 0.533. The van der Waals surface area contributed by atoms with E-state index in [1.165, 1.54) is 18.4 Å². The van der Waals surface area contributed by atoms with Crippen molar-refractivity contribution in [3.05, 3.63) is 29.8 Å². The Hall–Kier alpha value is -1.55. The SMILES string of the molecule is NC(=O)C1CC(c2cccc(OC3CC3)c2)CCN1. The summed E-state index contributed by atoms with van der Waals surface area (Å²) in [6, 6.07) is 8.08. The zero-order valence-electron chi connectivity index (χ0n) is 11.0. The molecule has 4 heteroatoms. The molecule has 19 heavy (non-hydrogen) atoms. The monoisotopic (exact) mass is 260 g/mol. The average molecular weight is 260 g/mol. The van der Waals surface area contributed by atoms with Crippen LogP contribution in [-0.2, 0) is 4.79 Å². The lowest BCUT2D eigenvalue weighted by molar-refractivity contribution is -0.120. The first-order valence-electron chi connectivity index (χ1n) is 7.01. The number of ether oxygens (including phenoxy) is 1. The summed E-state index contributed by atoms with van der Waals surface area (Å²) >= 11 is 0. The number of piperidine rings is 1. The van der Waals surface area contributed by atoms with Gasteiger partial charge in [-0.1, -0.05) is 12.1 Å². The van der Waals surface area contributed by atoms with E-state index in [1.807, 2.05) is 12.1 Å². The minimum absolute atomic E-state index is 0.202. The molecular weight excluding hydrogens is 240 g/mol. The van der Waals surface area contributed by atoms with Crippen LogP contribution < -0.4 is 15.8 Å². The van der Waals surface area contributed by atoms with E-state index in [0.717, 1.165) is 25.1 Å². The molecule has 0 radical (unpaired) electrons. The first-order chi connectivity index (χ1) is 9.22. The molecule has 1 saturated carbocycles. The lowest BCUT2D eigenvalue weighted by Gasteiger charge is -2.28. The van der Waals surface area contributed by atoms with E-state index < -0.39 is 0 Å².